The highest BCUT2D eigenvalue weighted by atomic mass is 15.5. The summed E-state index contributed by atoms with van der Waals surface area (Å²) < 4.78 is 0. The van der Waals surface area contributed by atoms with E-state index in [0.29, 0.717) is 0 Å². The van der Waals surface area contributed by atoms with Gasteiger partial charge in [-0.2, -0.15) is 0 Å². The topological polar surface area (TPSA) is 19.4 Å². The standard InChI is InChI=1S/C27H60N6/c1-7-13-28(14-8-2)19-22-31-25-32(23-20-29(15-9-3)16-10-4)27-33(26-31)24-21-30(17-11-5)18-12-6/h7-27H2,1-6H3. The average molecular weight is 469 g/mol. The molecule has 1 heterocycles. The van der Waals surface area contributed by atoms with Crippen LogP contribution < -0.4 is 0 Å². The van der Waals surface area contributed by atoms with Crippen molar-refractivity contribution in [1.29, 1.82) is 0 Å². The van der Waals surface area contributed by atoms with E-state index in [-0.39, 0.29) is 0 Å². The van der Waals surface area contributed by atoms with E-state index in [1.54, 1.807) is 0 Å². The van der Waals surface area contributed by atoms with Crippen molar-refractivity contribution < 1.29 is 0 Å². The third-order valence-corrected chi connectivity index (χ3v) is 6.64. The number of rotatable bonds is 21. The summed E-state index contributed by atoms with van der Waals surface area (Å²) in [6.45, 7) is 31.8. The van der Waals surface area contributed by atoms with Crippen LogP contribution in [0.2, 0.25) is 0 Å². The van der Waals surface area contributed by atoms with Gasteiger partial charge in [-0.3, -0.25) is 14.7 Å². The molecule has 198 valence electrons. The largest absolute Gasteiger partial charge is 0.302 e. The first-order chi connectivity index (χ1) is 16.1. The number of hydrogen-bond acceptors (Lipinski definition) is 6. The zero-order chi connectivity index (χ0) is 24.3. The lowest BCUT2D eigenvalue weighted by molar-refractivity contribution is -0.0384. The van der Waals surface area contributed by atoms with Crippen molar-refractivity contribution in [3.05, 3.63) is 0 Å². The van der Waals surface area contributed by atoms with Crippen molar-refractivity contribution in [3.63, 3.8) is 0 Å². The van der Waals surface area contributed by atoms with E-state index in [4.69, 9.17) is 0 Å². The molecule has 0 bridgehead atoms. The van der Waals surface area contributed by atoms with Crippen LogP contribution in [0.3, 0.4) is 0 Å². The van der Waals surface area contributed by atoms with Gasteiger partial charge in [0.05, 0.1) is 20.0 Å². The molecule has 0 N–H and O–H groups in total. The van der Waals surface area contributed by atoms with E-state index in [1.807, 2.05) is 0 Å². The Morgan fingerprint density at radius 2 is 0.576 bits per heavy atom. The van der Waals surface area contributed by atoms with Gasteiger partial charge in [0.15, 0.2) is 0 Å². The van der Waals surface area contributed by atoms with Gasteiger partial charge in [-0.15, -0.1) is 0 Å². The van der Waals surface area contributed by atoms with Gasteiger partial charge in [-0.25, -0.2) is 0 Å². The summed E-state index contributed by atoms with van der Waals surface area (Å²) in [6, 6.07) is 0. The zero-order valence-electron chi connectivity index (χ0n) is 23.5. The summed E-state index contributed by atoms with van der Waals surface area (Å²) >= 11 is 0. The summed E-state index contributed by atoms with van der Waals surface area (Å²) in [5.41, 5.74) is 0. The highest BCUT2D eigenvalue weighted by Crippen LogP contribution is 2.10. The Morgan fingerprint density at radius 3 is 0.758 bits per heavy atom. The third-order valence-electron chi connectivity index (χ3n) is 6.64. The molecule has 0 aliphatic carbocycles. The molecular weight excluding hydrogens is 408 g/mol. The Morgan fingerprint density at radius 1 is 0.364 bits per heavy atom. The van der Waals surface area contributed by atoms with Crippen LogP contribution in [-0.4, -0.2) is 128 Å². The van der Waals surface area contributed by atoms with Crippen LogP contribution in [0.15, 0.2) is 0 Å². The first kappa shape index (κ1) is 30.8. The van der Waals surface area contributed by atoms with E-state index in [1.165, 1.54) is 117 Å². The monoisotopic (exact) mass is 468 g/mol. The molecule has 0 aromatic heterocycles. The quantitative estimate of drug-likeness (QED) is 0.250. The highest BCUT2D eigenvalue weighted by molar-refractivity contribution is 4.74. The molecule has 0 saturated carbocycles. The minimum Gasteiger partial charge on any atom is -0.302 e. The number of hydrogen-bond donors (Lipinski definition) is 0. The first-order valence-electron chi connectivity index (χ1n) is 14.4. The van der Waals surface area contributed by atoms with Gasteiger partial charge in [-0.05, 0) is 77.8 Å². The summed E-state index contributed by atoms with van der Waals surface area (Å²) in [4.78, 5) is 16.1. The summed E-state index contributed by atoms with van der Waals surface area (Å²) in [7, 11) is 0. The van der Waals surface area contributed by atoms with Gasteiger partial charge in [-0.1, -0.05) is 41.5 Å². The van der Waals surface area contributed by atoms with Crippen molar-refractivity contribution in [1.82, 2.24) is 29.4 Å². The van der Waals surface area contributed by atoms with Crippen molar-refractivity contribution >= 4 is 0 Å². The second-order valence-electron chi connectivity index (χ2n) is 10.1. The van der Waals surface area contributed by atoms with E-state index in [2.05, 4.69) is 70.9 Å². The molecule has 6 heteroatoms. The minimum atomic E-state index is 1.13. The lowest BCUT2D eigenvalue weighted by atomic mass is 10.3. The van der Waals surface area contributed by atoms with Crippen LogP contribution in [0.1, 0.15) is 80.1 Å². The molecule has 6 nitrogen and oxygen atoms in total. The molecule has 1 fully saturated rings. The maximum absolute atomic E-state index is 2.70. The first-order valence-corrected chi connectivity index (χ1v) is 14.4. The van der Waals surface area contributed by atoms with Crippen LogP contribution in [0.25, 0.3) is 0 Å². The molecular formula is C27H60N6. The van der Waals surface area contributed by atoms with Gasteiger partial charge in [0, 0.05) is 39.3 Å². The van der Waals surface area contributed by atoms with Crippen molar-refractivity contribution in [2.45, 2.75) is 80.1 Å². The Labute approximate surface area is 208 Å². The van der Waals surface area contributed by atoms with Crippen molar-refractivity contribution in [2.24, 2.45) is 0 Å². The molecule has 1 aliphatic heterocycles. The Balaban J connectivity index is 2.69. The van der Waals surface area contributed by atoms with Crippen molar-refractivity contribution in [3.8, 4) is 0 Å². The van der Waals surface area contributed by atoms with Gasteiger partial charge in [0.1, 0.15) is 0 Å². The molecule has 0 radical (unpaired) electrons. The van der Waals surface area contributed by atoms with Crippen LogP contribution in [-0.2, 0) is 0 Å². The normalized spacial score (nSPS) is 16.6. The molecule has 0 aromatic carbocycles. The summed E-state index contributed by atoms with van der Waals surface area (Å²) in [5.74, 6) is 0. The van der Waals surface area contributed by atoms with E-state index >= 15 is 0 Å². The van der Waals surface area contributed by atoms with Crippen LogP contribution in [0, 0.1) is 0 Å². The molecule has 1 aliphatic rings. The lowest BCUT2D eigenvalue weighted by Crippen LogP contribution is -2.58. The maximum atomic E-state index is 2.70. The van der Waals surface area contributed by atoms with E-state index in [9.17, 15) is 0 Å². The molecule has 0 atom stereocenters. The second kappa shape index (κ2) is 20.0. The fourth-order valence-electron chi connectivity index (χ4n) is 5.16. The van der Waals surface area contributed by atoms with Gasteiger partial charge >= 0.3 is 0 Å². The van der Waals surface area contributed by atoms with Gasteiger partial charge in [0.25, 0.3) is 0 Å². The molecule has 0 unspecified atom stereocenters. The SMILES string of the molecule is CCCN(CCC)CCN1CN(CCN(CCC)CCC)CN(CCN(CCC)CCC)C1. The maximum Gasteiger partial charge on any atom is 0.0531 e. The van der Waals surface area contributed by atoms with Crippen LogP contribution in [0.4, 0.5) is 0 Å². The van der Waals surface area contributed by atoms with Crippen molar-refractivity contribution in [2.75, 3.05) is 98.5 Å². The predicted molar refractivity (Wildman–Crippen MR) is 146 cm³/mol. The Kier molecular flexibility index (Phi) is 18.7. The lowest BCUT2D eigenvalue weighted by Gasteiger charge is -2.44. The molecule has 1 rings (SSSR count). The second-order valence-corrected chi connectivity index (χ2v) is 10.1. The van der Waals surface area contributed by atoms with Gasteiger partial charge < -0.3 is 14.7 Å². The molecule has 1 saturated heterocycles. The van der Waals surface area contributed by atoms with E-state index in [0.717, 1.165) is 20.0 Å². The smallest absolute Gasteiger partial charge is 0.0531 e. The van der Waals surface area contributed by atoms with Crippen LogP contribution in [0.5, 0.6) is 0 Å². The highest BCUT2D eigenvalue weighted by Gasteiger charge is 2.24. The predicted octanol–water partition coefficient (Wildman–Crippen LogP) is 4.14. The average Bonchev–Trinajstić information content (AvgIpc) is 2.80. The zero-order valence-corrected chi connectivity index (χ0v) is 23.5. The fraction of sp³-hybridized carbons (Fsp3) is 1.00. The summed E-state index contributed by atoms with van der Waals surface area (Å²) in [6.07, 6.45) is 7.55. The minimum absolute atomic E-state index is 1.13. The molecule has 0 spiro atoms. The third kappa shape index (κ3) is 14.0. The Bertz CT molecular complexity index is 349. The molecule has 33 heavy (non-hydrogen) atoms. The van der Waals surface area contributed by atoms with Crippen LogP contribution >= 0.6 is 0 Å². The summed E-state index contributed by atoms with van der Waals surface area (Å²) in [5, 5.41) is 0. The fourth-order valence-corrected chi connectivity index (χ4v) is 5.16. The van der Waals surface area contributed by atoms with E-state index < -0.39 is 0 Å². The molecule has 0 amide bonds. The van der Waals surface area contributed by atoms with Gasteiger partial charge in [0.2, 0.25) is 0 Å². The Hall–Kier alpha value is -0.240. The molecule has 0 aromatic rings. The number of nitrogens with zero attached hydrogens (tertiary/aromatic N) is 6.